The molecule has 2 fully saturated rings. The van der Waals surface area contributed by atoms with Gasteiger partial charge in [-0.3, -0.25) is 4.79 Å². The van der Waals surface area contributed by atoms with Crippen molar-refractivity contribution < 1.29 is 4.79 Å². The number of hydrogen-bond donors (Lipinski definition) is 0. The van der Waals surface area contributed by atoms with Gasteiger partial charge in [0, 0.05) is 55.3 Å². The van der Waals surface area contributed by atoms with Gasteiger partial charge in [-0.05, 0) is 44.2 Å². The molecule has 35 heavy (non-hydrogen) atoms. The number of nitrogens with zero attached hydrogens (tertiary/aromatic N) is 4. The average Bonchev–Trinajstić information content (AvgIpc) is 2.86. The Balaban J connectivity index is 1.50. The molecule has 3 aromatic rings. The monoisotopic (exact) mass is 468 g/mol. The second-order valence-electron chi connectivity index (χ2n) is 10.1. The van der Waals surface area contributed by atoms with Crippen molar-refractivity contribution in [3.05, 3.63) is 76.5 Å². The van der Waals surface area contributed by atoms with Crippen LogP contribution in [0.15, 0.2) is 48.5 Å². The van der Waals surface area contributed by atoms with Gasteiger partial charge in [-0.2, -0.15) is 0 Å². The van der Waals surface area contributed by atoms with E-state index in [2.05, 4.69) is 60.9 Å². The maximum Gasteiger partial charge on any atom is 0.225 e. The van der Waals surface area contributed by atoms with Crippen LogP contribution in [0.4, 0.5) is 5.82 Å². The van der Waals surface area contributed by atoms with Crippen LogP contribution in [-0.4, -0.2) is 47.0 Å². The number of hydrogen-bond acceptors (Lipinski definition) is 4. The summed E-state index contributed by atoms with van der Waals surface area (Å²) < 4.78 is 0. The number of anilines is 1. The fraction of sp³-hybridized carbons (Fsp3) is 0.433. The van der Waals surface area contributed by atoms with E-state index in [0.29, 0.717) is 5.91 Å². The van der Waals surface area contributed by atoms with Crippen LogP contribution in [0.25, 0.3) is 11.4 Å². The van der Waals surface area contributed by atoms with Gasteiger partial charge in [0.05, 0.1) is 0 Å². The van der Waals surface area contributed by atoms with Crippen LogP contribution in [0.1, 0.15) is 54.1 Å². The molecule has 5 rings (SSSR count). The Kier molecular flexibility index (Phi) is 6.85. The third-order valence-corrected chi connectivity index (χ3v) is 7.65. The molecule has 2 aromatic carbocycles. The Labute approximate surface area is 209 Å². The van der Waals surface area contributed by atoms with Crippen molar-refractivity contribution in [2.45, 2.75) is 52.9 Å². The number of aryl methyl sites for hydroxylation is 3. The van der Waals surface area contributed by atoms with E-state index in [4.69, 9.17) is 9.97 Å². The minimum absolute atomic E-state index is 0.261. The number of carbonyl (C=O) groups excluding carboxylic acids is 1. The topological polar surface area (TPSA) is 49.3 Å². The number of amides is 1. The van der Waals surface area contributed by atoms with E-state index >= 15 is 0 Å². The number of benzene rings is 2. The number of carbonyl (C=O) groups is 1. The summed E-state index contributed by atoms with van der Waals surface area (Å²) in [6, 6.07) is 16.9. The fourth-order valence-corrected chi connectivity index (χ4v) is 5.20. The third-order valence-electron chi connectivity index (χ3n) is 7.65. The van der Waals surface area contributed by atoms with Gasteiger partial charge in [-0.25, -0.2) is 9.97 Å². The zero-order chi connectivity index (χ0) is 24.4. The molecule has 182 valence electrons. The van der Waals surface area contributed by atoms with Crippen molar-refractivity contribution >= 4 is 11.7 Å². The van der Waals surface area contributed by atoms with Crippen LogP contribution in [0.3, 0.4) is 0 Å². The number of rotatable bonds is 6. The molecule has 1 aromatic heterocycles. The summed E-state index contributed by atoms with van der Waals surface area (Å²) in [6.07, 6.45) is 5.00. The highest BCUT2D eigenvalue weighted by Crippen LogP contribution is 2.32. The molecule has 1 aliphatic heterocycles. The Bertz CT molecular complexity index is 1190. The first kappa shape index (κ1) is 23.5. The van der Waals surface area contributed by atoms with E-state index in [9.17, 15) is 4.79 Å². The molecule has 1 aliphatic carbocycles. The molecule has 0 radical (unpaired) electrons. The highest BCUT2D eigenvalue weighted by Gasteiger charge is 2.32. The normalized spacial score (nSPS) is 16.3. The van der Waals surface area contributed by atoms with Crippen molar-refractivity contribution in [1.82, 2.24) is 14.9 Å². The van der Waals surface area contributed by atoms with E-state index in [1.807, 2.05) is 18.2 Å². The first-order valence-corrected chi connectivity index (χ1v) is 13.1. The van der Waals surface area contributed by atoms with Gasteiger partial charge in [0.15, 0.2) is 5.82 Å². The lowest BCUT2D eigenvalue weighted by Gasteiger charge is -2.39. The minimum atomic E-state index is 0.261. The van der Waals surface area contributed by atoms with Gasteiger partial charge in [-0.15, -0.1) is 0 Å². The molecular weight excluding hydrogens is 432 g/mol. The molecule has 0 unspecified atom stereocenters. The molecule has 5 nitrogen and oxygen atoms in total. The Hall–Kier alpha value is -3.21. The average molecular weight is 469 g/mol. The first-order chi connectivity index (χ1) is 17.0. The lowest BCUT2D eigenvalue weighted by Crippen LogP contribution is -2.51. The Morgan fingerprint density at radius 2 is 1.71 bits per heavy atom. The van der Waals surface area contributed by atoms with Crippen molar-refractivity contribution in [2.24, 2.45) is 5.92 Å². The maximum atomic E-state index is 12.8. The Morgan fingerprint density at radius 3 is 2.37 bits per heavy atom. The van der Waals surface area contributed by atoms with E-state index in [0.717, 1.165) is 74.8 Å². The highest BCUT2D eigenvalue weighted by molar-refractivity contribution is 5.80. The van der Waals surface area contributed by atoms with Crippen LogP contribution in [0.5, 0.6) is 0 Å². The molecule has 0 bridgehead atoms. The van der Waals surface area contributed by atoms with Crippen molar-refractivity contribution in [2.75, 3.05) is 31.1 Å². The molecule has 0 atom stereocenters. The molecule has 1 saturated carbocycles. The lowest BCUT2D eigenvalue weighted by molar-refractivity contribution is -0.138. The lowest BCUT2D eigenvalue weighted by atomic mass is 9.84. The second kappa shape index (κ2) is 10.2. The molecule has 0 N–H and O–H groups in total. The van der Waals surface area contributed by atoms with Crippen molar-refractivity contribution in [3.8, 4) is 11.4 Å². The third kappa shape index (κ3) is 4.95. The standard InChI is InChI=1S/C30H36N4O/c1-4-27-26(20-25-19-21(2)13-14-22(25)3)29(32-28(31-27)23-9-6-5-7-10-23)33-15-17-34(18-16-33)30(35)24-11-8-12-24/h5-7,9-10,13-14,19,24H,4,8,11-12,15-18,20H2,1-3H3. The molecule has 5 heteroatoms. The van der Waals surface area contributed by atoms with Crippen LogP contribution in [0.2, 0.25) is 0 Å². The van der Waals surface area contributed by atoms with E-state index in [1.165, 1.54) is 28.7 Å². The summed E-state index contributed by atoms with van der Waals surface area (Å²) in [7, 11) is 0. The van der Waals surface area contributed by atoms with Gasteiger partial charge < -0.3 is 9.80 Å². The molecule has 0 spiro atoms. The summed E-state index contributed by atoms with van der Waals surface area (Å²) in [5.41, 5.74) is 7.28. The first-order valence-electron chi connectivity index (χ1n) is 13.1. The molecular formula is C30H36N4O. The molecule has 2 aliphatic rings. The van der Waals surface area contributed by atoms with Crippen LogP contribution >= 0.6 is 0 Å². The number of piperazine rings is 1. The van der Waals surface area contributed by atoms with Gasteiger partial charge >= 0.3 is 0 Å². The summed E-state index contributed by atoms with van der Waals surface area (Å²) in [6.45, 7) is 9.68. The second-order valence-corrected chi connectivity index (χ2v) is 10.1. The van der Waals surface area contributed by atoms with E-state index < -0.39 is 0 Å². The van der Waals surface area contributed by atoms with Gasteiger partial charge in [0.2, 0.25) is 5.91 Å². The molecule has 1 saturated heterocycles. The summed E-state index contributed by atoms with van der Waals surface area (Å²) in [4.78, 5) is 27.5. The van der Waals surface area contributed by atoms with Gasteiger partial charge in [0.1, 0.15) is 5.82 Å². The predicted octanol–water partition coefficient (Wildman–Crippen LogP) is 5.36. The SMILES string of the molecule is CCc1nc(-c2ccccc2)nc(N2CCN(C(=O)C3CCC3)CC2)c1Cc1cc(C)ccc1C. The van der Waals surface area contributed by atoms with Gasteiger partial charge in [-0.1, -0.05) is 67.4 Å². The largest absolute Gasteiger partial charge is 0.353 e. The van der Waals surface area contributed by atoms with Crippen LogP contribution in [0, 0.1) is 19.8 Å². The summed E-state index contributed by atoms with van der Waals surface area (Å²) >= 11 is 0. The highest BCUT2D eigenvalue weighted by atomic mass is 16.2. The maximum absolute atomic E-state index is 12.8. The van der Waals surface area contributed by atoms with Crippen molar-refractivity contribution in [3.63, 3.8) is 0 Å². The zero-order valence-electron chi connectivity index (χ0n) is 21.3. The molecule has 2 heterocycles. The van der Waals surface area contributed by atoms with Crippen molar-refractivity contribution in [1.29, 1.82) is 0 Å². The Morgan fingerprint density at radius 1 is 0.971 bits per heavy atom. The van der Waals surface area contributed by atoms with Gasteiger partial charge in [0.25, 0.3) is 0 Å². The zero-order valence-corrected chi connectivity index (χ0v) is 21.3. The summed E-state index contributed by atoms with van der Waals surface area (Å²) in [5.74, 6) is 2.44. The van der Waals surface area contributed by atoms with Crippen LogP contribution < -0.4 is 4.90 Å². The predicted molar refractivity (Wildman–Crippen MR) is 142 cm³/mol. The number of aromatic nitrogens is 2. The quantitative estimate of drug-likeness (QED) is 0.489. The van der Waals surface area contributed by atoms with E-state index in [1.54, 1.807) is 0 Å². The smallest absolute Gasteiger partial charge is 0.225 e. The molecule has 1 amide bonds. The minimum Gasteiger partial charge on any atom is -0.353 e. The van der Waals surface area contributed by atoms with E-state index in [-0.39, 0.29) is 5.92 Å². The summed E-state index contributed by atoms with van der Waals surface area (Å²) in [5, 5.41) is 0. The fourth-order valence-electron chi connectivity index (χ4n) is 5.20. The van der Waals surface area contributed by atoms with Crippen LogP contribution in [-0.2, 0) is 17.6 Å².